The van der Waals surface area contributed by atoms with Gasteiger partial charge in [0.05, 0.1) is 7.11 Å². The molecule has 1 saturated heterocycles. The van der Waals surface area contributed by atoms with Gasteiger partial charge in [-0.1, -0.05) is 19.8 Å². The molecule has 2 unspecified atom stereocenters. The molecule has 0 aromatic rings. The Hall–Kier alpha value is -1.06. The number of rotatable bonds is 4. The molecular formula is C11H18O4. The van der Waals surface area contributed by atoms with E-state index in [1.54, 1.807) is 0 Å². The van der Waals surface area contributed by atoms with Gasteiger partial charge in [-0.15, -0.1) is 0 Å². The molecule has 0 N–H and O–H groups in total. The molecule has 0 aromatic carbocycles. The molecule has 1 fully saturated rings. The predicted octanol–water partition coefficient (Wildman–Crippen LogP) is 1.67. The summed E-state index contributed by atoms with van der Waals surface area (Å²) in [7, 11) is 1.29. The number of hydrogen-bond acceptors (Lipinski definition) is 4. The number of esters is 2. The Morgan fingerprint density at radius 2 is 2.27 bits per heavy atom. The summed E-state index contributed by atoms with van der Waals surface area (Å²) < 4.78 is 9.72. The molecule has 0 amide bonds. The lowest BCUT2D eigenvalue weighted by molar-refractivity contribution is -0.170. The Balaban J connectivity index is 2.41. The molecule has 86 valence electrons. The van der Waals surface area contributed by atoms with E-state index in [1.807, 2.05) is 0 Å². The lowest BCUT2D eigenvalue weighted by atomic mass is 9.95. The van der Waals surface area contributed by atoms with Crippen LogP contribution in [0.5, 0.6) is 0 Å². The summed E-state index contributed by atoms with van der Waals surface area (Å²) >= 11 is 0. The second-order valence-corrected chi connectivity index (χ2v) is 3.85. The highest BCUT2D eigenvalue weighted by atomic mass is 16.6. The van der Waals surface area contributed by atoms with Crippen LogP contribution in [0.4, 0.5) is 0 Å². The molecule has 0 bridgehead atoms. The standard InChI is InChI=1S/C11H18O4/c1-3-4-5-8-6-7-9(10(12)14-2)11(13)15-8/h8-9H,3-7H2,1-2H3. The maximum absolute atomic E-state index is 11.4. The Morgan fingerprint density at radius 1 is 1.53 bits per heavy atom. The molecular weight excluding hydrogens is 196 g/mol. The largest absolute Gasteiger partial charge is 0.468 e. The first-order valence-corrected chi connectivity index (χ1v) is 5.47. The lowest BCUT2D eigenvalue weighted by Crippen LogP contribution is -2.36. The molecule has 0 spiro atoms. The molecule has 1 aliphatic rings. The topological polar surface area (TPSA) is 52.6 Å². The molecule has 1 aliphatic heterocycles. The maximum Gasteiger partial charge on any atom is 0.320 e. The molecule has 0 radical (unpaired) electrons. The van der Waals surface area contributed by atoms with Crippen LogP contribution in [0.3, 0.4) is 0 Å². The Morgan fingerprint density at radius 3 is 2.80 bits per heavy atom. The van der Waals surface area contributed by atoms with Gasteiger partial charge in [0.1, 0.15) is 6.10 Å². The quantitative estimate of drug-likeness (QED) is 0.527. The number of methoxy groups -OCH3 is 1. The van der Waals surface area contributed by atoms with E-state index in [1.165, 1.54) is 7.11 Å². The third-order valence-corrected chi connectivity index (χ3v) is 2.71. The van der Waals surface area contributed by atoms with Crippen molar-refractivity contribution in [3.05, 3.63) is 0 Å². The van der Waals surface area contributed by atoms with E-state index >= 15 is 0 Å². The van der Waals surface area contributed by atoms with Gasteiger partial charge in [0.15, 0.2) is 5.92 Å². The van der Waals surface area contributed by atoms with Crippen LogP contribution in [0.1, 0.15) is 39.0 Å². The van der Waals surface area contributed by atoms with Crippen molar-refractivity contribution in [1.29, 1.82) is 0 Å². The van der Waals surface area contributed by atoms with E-state index in [2.05, 4.69) is 11.7 Å². The first kappa shape index (κ1) is 12.0. The second kappa shape index (κ2) is 5.73. The van der Waals surface area contributed by atoms with Crippen molar-refractivity contribution in [2.24, 2.45) is 5.92 Å². The van der Waals surface area contributed by atoms with Crippen molar-refractivity contribution in [1.82, 2.24) is 0 Å². The molecule has 0 aromatic heterocycles. The smallest absolute Gasteiger partial charge is 0.320 e. The van der Waals surface area contributed by atoms with E-state index in [4.69, 9.17) is 4.74 Å². The normalized spacial score (nSPS) is 25.9. The predicted molar refractivity (Wildman–Crippen MR) is 54.1 cm³/mol. The van der Waals surface area contributed by atoms with Crippen molar-refractivity contribution in [2.45, 2.75) is 45.1 Å². The van der Waals surface area contributed by atoms with Gasteiger partial charge in [0, 0.05) is 0 Å². The summed E-state index contributed by atoms with van der Waals surface area (Å²) in [5, 5.41) is 0. The van der Waals surface area contributed by atoms with Crippen molar-refractivity contribution in [2.75, 3.05) is 7.11 Å². The van der Waals surface area contributed by atoms with Gasteiger partial charge in [-0.2, -0.15) is 0 Å². The van der Waals surface area contributed by atoms with Gasteiger partial charge in [0.2, 0.25) is 0 Å². The van der Waals surface area contributed by atoms with Crippen LogP contribution in [0.15, 0.2) is 0 Å². The maximum atomic E-state index is 11.4. The van der Waals surface area contributed by atoms with Crippen LogP contribution < -0.4 is 0 Å². The van der Waals surface area contributed by atoms with Crippen LogP contribution in [-0.4, -0.2) is 25.2 Å². The minimum absolute atomic E-state index is 0.00152. The number of hydrogen-bond donors (Lipinski definition) is 0. The van der Waals surface area contributed by atoms with Crippen LogP contribution in [0, 0.1) is 5.92 Å². The van der Waals surface area contributed by atoms with Crippen molar-refractivity contribution < 1.29 is 19.1 Å². The van der Waals surface area contributed by atoms with Gasteiger partial charge in [0.25, 0.3) is 0 Å². The van der Waals surface area contributed by atoms with Crippen LogP contribution >= 0.6 is 0 Å². The fraction of sp³-hybridized carbons (Fsp3) is 0.818. The zero-order valence-corrected chi connectivity index (χ0v) is 9.32. The van der Waals surface area contributed by atoms with E-state index in [9.17, 15) is 9.59 Å². The SMILES string of the molecule is CCCCC1CCC(C(=O)OC)C(=O)O1. The average molecular weight is 214 g/mol. The second-order valence-electron chi connectivity index (χ2n) is 3.85. The molecule has 1 heterocycles. The zero-order valence-electron chi connectivity index (χ0n) is 9.32. The summed E-state index contributed by atoms with van der Waals surface area (Å²) in [6.45, 7) is 2.10. The Kier molecular flexibility index (Phi) is 4.59. The molecule has 0 saturated carbocycles. The Bertz CT molecular complexity index is 237. The number of carbonyl (C=O) groups excluding carboxylic acids is 2. The summed E-state index contributed by atoms with van der Waals surface area (Å²) in [6, 6.07) is 0. The fourth-order valence-corrected chi connectivity index (χ4v) is 1.77. The van der Waals surface area contributed by atoms with Crippen molar-refractivity contribution in [3.8, 4) is 0 Å². The molecule has 1 rings (SSSR count). The van der Waals surface area contributed by atoms with Gasteiger partial charge in [-0.3, -0.25) is 9.59 Å². The van der Waals surface area contributed by atoms with Gasteiger partial charge in [-0.05, 0) is 19.3 Å². The minimum atomic E-state index is -0.701. The van der Waals surface area contributed by atoms with Crippen molar-refractivity contribution in [3.63, 3.8) is 0 Å². The number of cyclic esters (lactones) is 1. The third-order valence-electron chi connectivity index (χ3n) is 2.71. The molecule has 4 heteroatoms. The highest BCUT2D eigenvalue weighted by molar-refractivity contribution is 5.95. The monoisotopic (exact) mass is 214 g/mol. The highest BCUT2D eigenvalue weighted by Gasteiger charge is 2.35. The Labute approximate surface area is 89.9 Å². The third kappa shape index (κ3) is 3.22. The summed E-state index contributed by atoms with van der Waals surface area (Å²) in [5.74, 6) is -1.60. The number of unbranched alkanes of at least 4 members (excludes halogenated alkanes) is 1. The summed E-state index contributed by atoms with van der Waals surface area (Å²) in [4.78, 5) is 22.6. The van der Waals surface area contributed by atoms with Gasteiger partial charge < -0.3 is 9.47 Å². The lowest BCUT2D eigenvalue weighted by Gasteiger charge is -2.26. The van der Waals surface area contributed by atoms with Gasteiger partial charge >= 0.3 is 11.9 Å². The van der Waals surface area contributed by atoms with E-state index in [0.29, 0.717) is 6.42 Å². The van der Waals surface area contributed by atoms with Crippen LogP contribution in [0.25, 0.3) is 0 Å². The molecule has 2 atom stereocenters. The zero-order chi connectivity index (χ0) is 11.3. The average Bonchev–Trinajstić information content (AvgIpc) is 2.25. The first-order chi connectivity index (χ1) is 7.19. The minimum Gasteiger partial charge on any atom is -0.468 e. The highest BCUT2D eigenvalue weighted by Crippen LogP contribution is 2.24. The first-order valence-electron chi connectivity index (χ1n) is 5.47. The molecule has 15 heavy (non-hydrogen) atoms. The van der Waals surface area contributed by atoms with Crippen LogP contribution in [-0.2, 0) is 19.1 Å². The summed E-state index contributed by atoms with van der Waals surface area (Å²) in [5.41, 5.74) is 0. The molecule has 4 nitrogen and oxygen atoms in total. The van der Waals surface area contributed by atoms with Gasteiger partial charge in [-0.25, -0.2) is 0 Å². The number of ether oxygens (including phenoxy) is 2. The van der Waals surface area contributed by atoms with Crippen molar-refractivity contribution >= 4 is 11.9 Å². The van der Waals surface area contributed by atoms with E-state index in [-0.39, 0.29) is 6.10 Å². The van der Waals surface area contributed by atoms with Crippen LogP contribution in [0.2, 0.25) is 0 Å². The van der Waals surface area contributed by atoms with E-state index in [0.717, 1.165) is 25.7 Å². The summed E-state index contributed by atoms with van der Waals surface area (Å²) in [6.07, 6.45) is 4.37. The fourth-order valence-electron chi connectivity index (χ4n) is 1.77. The molecule has 0 aliphatic carbocycles. The number of carbonyl (C=O) groups is 2. The van der Waals surface area contributed by atoms with E-state index < -0.39 is 17.9 Å².